The van der Waals surface area contributed by atoms with E-state index < -0.39 is 5.41 Å². The molecule has 1 aromatic rings. The molecule has 1 aromatic carbocycles. The number of carbonyl (C=O) groups excluding carboxylic acids is 2. The lowest BCUT2D eigenvalue weighted by atomic mass is 9.73. The first kappa shape index (κ1) is 20.4. The maximum Gasteiger partial charge on any atom is 0.152 e. The molecule has 0 bridgehead atoms. The Labute approximate surface area is 145 Å². The average molecular weight is 333 g/mol. The van der Waals surface area contributed by atoms with Gasteiger partial charge in [0.15, 0.2) is 5.78 Å². The van der Waals surface area contributed by atoms with Gasteiger partial charge in [-0.3, -0.25) is 9.59 Å². The normalized spacial score (nSPS) is 14.2. The van der Waals surface area contributed by atoms with E-state index in [9.17, 15) is 14.7 Å². The van der Waals surface area contributed by atoms with Crippen LogP contribution >= 0.6 is 0 Å². The van der Waals surface area contributed by atoms with Crippen molar-refractivity contribution in [3.05, 3.63) is 29.8 Å². The van der Waals surface area contributed by atoms with Crippen LogP contribution in [0.15, 0.2) is 24.3 Å². The fraction of sp³-hybridized carbons (Fsp3) is 0.600. The van der Waals surface area contributed by atoms with Crippen molar-refractivity contribution in [3.63, 3.8) is 0 Å². The predicted octanol–water partition coefficient (Wildman–Crippen LogP) is 3.64. The highest BCUT2D eigenvalue weighted by Gasteiger charge is 2.35. The summed E-state index contributed by atoms with van der Waals surface area (Å²) in [5.41, 5.74) is 5.55. The molecule has 0 aromatic heterocycles. The van der Waals surface area contributed by atoms with E-state index in [1.165, 1.54) is 0 Å². The van der Waals surface area contributed by atoms with E-state index >= 15 is 0 Å². The smallest absolute Gasteiger partial charge is 0.152 e. The van der Waals surface area contributed by atoms with Gasteiger partial charge in [-0.05, 0) is 37.0 Å². The van der Waals surface area contributed by atoms with E-state index in [0.717, 1.165) is 18.4 Å². The molecule has 4 heteroatoms. The second-order valence-electron chi connectivity index (χ2n) is 7.59. The SMILES string of the molecule is CCCC(C)(C)C(=O)CC[C@@](C)(Cc1ccc(O)cc1)C(=O)CN. The Morgan fingerprint density at radius 1 is 1.04 bits per heavy atom. The van der Waals surface area contributed by atoms with Crippen LogP contribution in [0, 0.1) is 10.8 Å². The number of phenolic OH excluding ortho intramolecular Hbond substituents is 1. The molecule has 0 saturated carbocycles. The van der Waals surface area contributed by atoms with Gasteiger partial charge in [-0.2, -0.15) is 0 Å². The van der Waals surface area contributed by atoms with E-state index in [-0.39, 0.29) is 29.3 Å². The van der Waals surface area contributed by atoms with E-state index in [1.54, 1.807) is 24.3 Å². The molecular weight excluding hydrogens is 302 g/mol. The molecule has 4 nitrogen and oxygen atoms in total. The van der Waals surface area contributed by atoms with Gasteiger partial charge in [0.05, 0.1) is 6.54 Å². The van der Waals surface area contributed by atoms with Crippen LogP contribution in [-0.2, 0) is 16.0 Å². The van der Waals surface area contributed by atoms with Crippen LogP contribution in [0.25, 0.3) is 0 Å². The van der Waals surface area contributed by atoms with Crippen LogP contribution in [-0.4, -0.2) is 23.2 Å². The maximum absolute atomic E-state index is 12.5. The van der Waals surface area contributed by atoms with Gasteiger partial charge >= 0.3 is 0 Å². The quantitative estimate of drug-likeness (QED) is 0.685. The molecule has 0 aliphatic rings. The lowest BCUT2D eigenvalue weighted by Crippen LogP contribution is -2.37. The number of aromatic hydroxyl groups is 1. The zero-order chi connectivity index (χ0) is 18.4. The number of nitrogens with two attached hydrogens (primary N) is 1. The van der Waals surface area contributed by atoms with E-state index in [4.69, 9.17) is 5.73 Å². The first-order valence-electron chi connectivity index (χ1n) is 8.69. The van der Waals surface area contributed by atoms with Crippen LogP contribution in [0.1, 0.15) is 58.9 Å². The summed E-state index contributed by atoms with van der Waals surface area (Å²) in [5, 5.41) is 9.39. The Morgan fingerprint density at radius 2 is 1.62 bits per heavy atom. The molecule has 0 spiro atoms. The minimum Gasteiger partial charge on any atom is -0.508 e. The molecule has 134 valence electrons. The molecule has 0 aliphatic heterocycles. The fourth-order valence-electron chi connectivity index (χ4n) is 3.13. The third-order valence-electron chi connectivity index (χ3n) is 4.92. The molecule has 0 unspecified atom stereocenters. The summed E-state index contributed by atoms with van der Waals surface area (Å²) in [6.07, 6.45) is 3.21. The van der Waals surface area contributed by atoms with E-state index in [0.29, 0.717) is 19.3 Å². The highest BCUT2D eigenvalue weighted by molar-refractivity contribution is 5.88. The molecular formula is C20H31NO3. The summed E-state index contributed by atoms with van der Waals surface area (Å²) in [6.45, 7) is 7.87. The molecule has 0 saturated heterocycles. The van der Waals surface area contributed by atoms with Crippen LogP contribution in [0.2, 0.25) is 0 Å². The second-order valence-corrected chi connectivity index (χ2v) is 7.59. The van der Waals surface area contributed by atoms with Gasteiger partial charge in [0.2, 0.25) is 0 Å². The van der Waals surface area contributed by atoms with Gasteiger partial charge in [0.25, 0.3) is 0 Å². The van der Waals surface area contributed by atoms with Crippen molar-refractivity contribution in [1.82, 2.24) is 0 Å². The Balaban J connectivity index is 2.86. The summed E-state index contributed by atoms with van der Waals surface area (Å²) in [4.78, 5) is 24.9. The summed E-state index contributed by atoms with van der Waals surface area (Å²) < 4.78 is 0. The molecule has 0 fully saturated rings. The first-order chi connectivity index (χ1) is 11.1. The predicted molar refractivity (Wildman–Crippen MR) is 96.9 cm³/mol. The number of rotatable bonds is 10. The van der Waals surface area contributed by atoms with Crippen molar-refractivity contribution in [2.24, 2.45) is 16.6 Å². The van der Waals surface area contributed by atoms with Gasteiger partial charge < -0.3 is 10.8 Å². The summed E-state index contributed by atoms with van der Waals surface area (Å²) >= 11 is 0. The topological polar surface area (TPSA) is 80.4 Å². The minimum atomic E-state index is -0.663. The number of benzene rings is 1. The summed E-state index contributed by atoms with van der Waals surface area (Å²) in [7, 11) is 0. The maximum atomic E-state index is 12.5. The lowest BCUT2D eigenvalue weighted by Gasteiger charge is -2.30. The number of hydrogen-bond donors (Lipinski definition) is 2. The van der Waals surface area contributed by atoms with Crippen LogP contribution in [0.3, 0.4) is 0 Å². The van der Waals surface area contributed by atoms with Crippen LogP contribution in [0.4, 0.5) is 0 Å². The van der Waals surface area contributed by atoms with E-state index in [2.05, 4.69) is 6.92 Å². The summed E-state index contributed by atoms with van der Waals surface area (Å²) in [5.74, 6) is 0.366. The highest BCUT2D eigenvalue weighted by atomic mass is 16.3. The van der Waals surface area contributed by atoms with Crippen molar-refractivity contribution in [1.29, 1.82) is 0 Å². The standard InChI is InChI=1S/C20H31NO3/c1-5-11-19(2,3)17(23)10-12-20(4,18(24)14-21)13-15-6-8-16(22)9-7-15/h6-9,22H,5,10-14,21H2,1-4H3/t20-/m0/s1. The molecule has 0 heterocycles. The zero-order valence-corrected chi connectivity index (χ0v) is 15.4. The number of ketones is 2. The molecule has 1 atom stereocenters. The Bertz CT molecular complexity index is 563. The summed E-state index contributed by atoms with van der Waals surface area (Å²) in [6, 6.07) is 6.83. The molecule has 0 amide bonds. The number of Topliss-reactive ketones (excluding diaryl/α,β-unsaturated/α-hetero) is 2. The fourth-order valence-corrected chi connectivity index (χ4v) is 3.13. The van der Waals surface area contributed by atoms with Gasteiger partial charge in [-0.1, -0.05) is 46.2 Å². The van der Waals surface area contributed by atoms with Gasteiger partial charge in [-0.15, -0.1) is 0 Å². The monoisotopic (exact) mass is 333 g/mol. The van der Waals surface area contributed by atoms with Crippen molar-refractivity contribution in [2.45, 2.75) is 59.8 Å². The molecule has 3 N–H and O–H groups in total. The van der Waals surface area contributed by atoms with Crippen molar-refractivity contribution in [3.8, 4) is 5.75 Å². The average Bonchev–Trinajstić information content (AvgIpc) is 2.54. The van der Waals surface area contributed by atoms with Crippen molar-refractivity contribution >= 4 is 11.6 Å². The van der Waals surface area contributed by atoms with Crippen LogP contribution in [0.5, 0.6) is 5.75 Å². The Hall–Kier alpha value is -1.68. The van der Waals surface area contributed by atoms with E-state index in [1.807, 2.05) is 20.8 Å². The molecule has 24 heavy (non-hydrogen) atoms. The highest BCUT2D eigenvalue weighted by Crippen LogP contribution is 2.33. The molecule has 1 rings (SSSR count). The van der Waals surface area contributed by atoms with Gasteiger partial charge in [-0.25, -0.2) is 0 Å². The molecule has 0 aliphatic carbocycles. The molecule has 0 radical (unpaired) electrons. The zero-order valence-electron chi connectivity index (χ0n) is 15.4. The third-order valence-corrected chi connectivity index (χ3v) is 4.92. The van der Waals surface area contributed by atoms with Crippen LogP contribution < -0.4 is 5.73 Å². The van der Waals surface area contributed by atoms with Crippen molar-refractivity contribution < 1.29 is 14.7 Å². The first-order valence-corrected chi connectivity index (χ1v) is 8.69. The number of hydrogen-bond acceptors (Lipinski definition) is 4. The van der Waals surface area contributed by atoms with Crippen molar-refractivity contribution in [2.75, 3.05) is 6.54 Å². The number of phenols is 1. The lowest BCUT2D eigenvalue weighted by molar-refractivity contribution is -0.130. The largest absolute Gasteiger partial charge is 0.508 e. The minimum absolute atomic E-state index is 0.0267. The Kier molecular flexibility index (Phi) is 7.15. The van der Waals surface area contributed by atoms with Gasteiger partial charge in [0.1, 0.15) is 11.5 Å². The third kappa shape index (κ3) is 5.45. The Morgan fingerprint density at radius 3 is 2.12 bits per heavy atom. The number of carbonyl (C=O) groups is 2. The second kappa shape index (κ2) is 8.43. The van der Waals surface area contributed by atoms with Gasteiger partial charge in [0, 0.05) is 17.3 Å².